The number of carboxylic acid groups (broad SMARTS) is 1. The fraction of sp³-hybridized carbons (Fsp3) is 0.308. The lowest BCUT2D eigenvalue weighted by atomic mass is 10.1. The zero-order valence-corrected chi connectivity index (χ0v) is 11.2. The highest BCUT2D eigenvalue weighted by molar-refractivity contribution is 5.96. The number of amides is 1. The van der Waals surface area contributed by atoms with Gasteiger partial charge in [0.15, 0.2) is 5.96 Å². The number of nitrogens with one attached hydrogen (secondary N) is 3. The largest absolute Gasteiger partial charge is 0.480 e. The maximum atomic E-state index is 12.8. The number of hydrogen-bond acceptors (Lipinski definition) is 3. The highest BCUT2D eigenvalue weighted by Crippen LogP contribution is 2.04. The number of carboxylic acids is 1. The molecule has 0 spiro atoms. The van der Waals surface area contributed by atoms with E-state index >= 15 is 0 Å². The number of hydrogen-bond donors (Lipinski definition) is 5. The molecule has 0 radical (unpaired) electrons. The maximum absolute atomic E-state index is 12.8. The van der Waals surface area contributed by atoms with Crippen molar-refractivity contribution in [2.75, 3.05) is 6.54 Å². The Labute approximate surface area is 120 Å². The van der Waals surface area contributed by atoms with Crippen molar-refractivity contribution in [3.63, 3.8) is 0 Å². The predicted octanol–water partition coefficient (Wildman–Crippen LogP) is 0.272. The van der Waals surface area contributed by atoms with Gasteiger partial charge in [-0.05, 0) is 37.1 Å². The molecule has 0 unspecified atom stereocenters. The first-order chi connectivity index (χ1) is 9.90. The van der Waals surface area contributed by atoms with Crippen molar-refractivity contribution in [2.24, 2.45) is 5.73 Å². The normalized spacial score (nSPS) is 11.5. The van der Waals surface area contributed by atoms with Crippen molar-refractivity contribution >= 4 is 17.8 Å². The molecule has 0 saturated heterocycles. The van der Waals surface area contributed by atoms with Crippen LogP contribution >= 0.6 is 0 Å². The van der Waals surface area contributed by atoms with Crippen LogP contribution in [-0.2, 0) is 4.79 Å². The second-order valence-electron chi connectivity index (χ2n) is 4.35. The molecule has 8 heteroatoms. The molecule has 0 aromatic heterocycles. The molecule has 1 amide bonds. The molecule has 7 nitrogen and oxygen atoms in total. The molecule has 114 valence electrons. The van der Waals surface area contributed by atoms with Gasteiger partial charge in [-0.25, -0.2) is 9.18 Å². The zero-order valence-electron chi connectivity index (χ0n) is 11.2. The molecule has 1 aromatic carbocycles. The molecule has 1 rings (SSSR count). The molecule has 0 bridgehead atoms. The Morgan fingerprint density at radius 1 is 1.33 bits per heavy atom. The minimum Gasteiger partial charge on any atom is -0.480 e. The van der Waals surface area contributed by atoms with Crippen LogP contribution in [0.15, 0.2) is 24.3 Å². The van der Waals surface area contributed by atoms with Gasteiger partial charge in [0.2, 0.25) is 0 Å². The topological polar surface area (TPSA) is 128 Å². The Hall–Kier alpha value is -2.64. The van der Waals surface area contributed by atoms with E-state index in [0.29, 0.717) is 13.0 Å². The Kier molecular flexibility index (Phi) is 6.12. The van der Waals surface area contributed by atoms with Crippen molar-refractivity contribution < 1.29 is 19.1 Å². The van der Waals surface area contributed by atoms with Crippen molar-refractivity contribution in [1.29, 1.82) is 5.41 Å². The third kappa shape index (κ3) is 5.89. The lowest BCUT2D eigenvalue weighted by Gasteiger charge is -2.14. The Morgan fingerprint density at radius 2 is 1.95 bits per heavy atom. The highest BCUT2D eigenvalue weighted by Gasteiger charge is 2.20. The molecule has 0 saturated carbocycles. The van der Waals surface area contributed by atoms with E-state index in [4.69, 9.17) is 16.2 Å². The first kappa shape index (κ1) is 16.4. The van der Waals surface area contributed by atoms with Crippen LogP contribution in [0.1, 0.15) is 23.2 Å². The molecule has 21 heavy (non-hydrogen) atoms. The van der Waals surface area contributed by atoms with Gasteiger partial charge >= 0.3 is 5.97 Å². The molecular weight excluding hydrogens is 279 g/mol. The smallest absolute Gasteiger partial charge is 0.326 e. The molecule has 0 heterocycles. The molecule has 1 atom stereocenters. The van der Waals surface area contributed by atoms with Gasteiger partial charge in [-0.3, -0.25) is 10.2 Å². The van der Waals surface area contributed by atoms with Crippen LogP contribution in [0.3, 0.4) is 0 Å². The van der Waals surface area contributed by atoms with Crippen LogP contribution in [-0.4, -0.2) is 35.5 Å². The van der Waals surface area contributed by atoms with Crippen LogP contribution in [0.5, 0.6) is 0 Å². The fourth-order valence-electron chi connectivity index (χ4n) is 1.63. The summed E-state index contributed by atoms with van der Waals surface area (Å²) in [5.74, 6) is -2.41. The standard InChI is InChI=1S/C13H17FN4O3/c14-9-5-3-8(4-6-9)11(19)18-10(12(20)21)2-1-7-17-13(15)16/h3-6,10H,1-2,7H2,(H,18,19)(H,20,21)(H4,15,16,17)/t10-/m0/s1. The molecular formula is C13H17FN4O3. The number of nitrogens with two attached hydrogens (primary N) is 1. The summed E-state index contributed by atoms with van der Waals surface area (Å²) < 4.78 is 12.8. The lowest BCUT2D eigenvalue weighted by Crippen LogP contribution is -2.41. The summed E-state index contributed by atoms with van der Waals surface area (Å²) in [7, 11) is 0. The number of aliphatic carboxylic acids is 1. The highest BCUT2D eigenvalue weighted by atomic mass is 19.1. The Bertz CT molecular complexity index is 519. The van der Waals surface area contributed by atoms with E-state index < -0.39 is 23.7 Å². The second kappa shape index (κ2) is 7.83. The van der Waals surface area contributed by atoms with Crippen molar-refractivity contribution in [3.8, 4) is 0 Å². The first-order valence-corrected chi connectivity index (χ1v) is 6.27. The minimum absolute atomic E-state index is 0.183. The van der Waals surface area contributed by atoms with Crippen LogP contribution < -0.4 is 16.4 Å². The minimum atomic E-state index is -1.16. The number of guanidine groups is 1. The molecule has 0 aliphatic rings. The second-order valence-corrected chi connectivity index (χ2v) is 4.35. The molecule has 0 aliphatic carbocycles. The first-order valence-electron chi connectivity index (χ1n) is 6.27. The van der Waals surface area contributed by atoms with Gasteiger partial charge in [0.05, 0.1) is 0 Å². The van der Waals surface area contributed by atoms with Gasteiger partial charge in [0.1, 0.15) is 11.9 Å². The summed E-state index contributed by atoms with van der Waals surface area (Å²) in [6.07, 6.45) is 0.600. The average molecular weight is 296 g/mol. The number of rotatable bonds is 7. The summed E-state index contributed by atoms with van der Waals surface area (Å²) in [5, 5.41) is 20.9. The van der Waals surface area contributed by atoms with Gasteiger partial charge in [-0.1, -0.05) is 0 Å². The molecule has 0 aliphatic heterocycles. The van der Waals surface area contributed by atoms with Crippen LogP contribution in [0.2, 0.25) is 0 Å². The number of carbonyl (C=O) groups is 2. The third-order valence-corrected chi connectivity index (χ3v) is 2.69. The predicted molar refractivity (Wildman–Crippen MR) is 74.4 cm³/mol. The van der Waals surface area contributed by atoms with Crippen molar-refractivity contribution in [1.82, 2.24) is 10.6 Å². The summed E-state index contributed by atoms with van der Waals surface area (Å²) in [6, 6.07) is 3.75. The number of benzene rings is 1. The quantitative estimate of drug-likeness (QED) is 0.280. The van der Waals surface area contributed by atoms with E-state index in [0.717, 1.165) is 12.1 Å². The van der Waals surface area contributed by atoms with E-state index in [-0.39, 0.29) is 17.9 Å². The van der Waals surface area contributed by atoms with Gasteiger partial charge < -0.3 is 21.5 Å². The van der Waals surface area contributed by atoms with Gasteiger partial charge in [-0.2, -0.15) is 0 Å². The van der Waals surface area contributed by atoms with Crippen LogP contribution in [0.25, 0.3) is 0 Å². The molecule has 1 aromatic rings. The summed E-state index contributed by atoms with van der Waals surface area (Å²) in [4.78, 5) is 22.9. The van der Waals surface area contributed by atoms with E-state index in [9.17, 15) is 14.0 Å². The van der Waals surface area contributed by atoms with E-state index in [1.807, 2.05) is 0 Å². The number of halogens is 1. The van der Waals surface area contributed by atoms with Gasteiger partial charge in [0.25, 0.3) is 5.91 Å². The van der Waals surface area contributed by atoms with Crippen molar-refractivity contribution in [3.05, 3.63) is 35.6 Å². The SMILES string of the molecule is N=C(N)NCCC[C@H](NC(=O)c1ccc(F)cc1)C(=O)O. The molecule has 0 fully saturated rings. The van der Waals surface area contributed by atoms with E-state index in [2.05, 4.69) is 10.6 Å². The van der Waals surface area contributed by atoms with Crippen molar-refractivity contribution in [2.45, 2.75) is 18.9 Å². The number of carbonyl (C=O) groups excluding carboxylic acids is 1. The summed E-state index contributed by atoms with van der Waals surface area (Å²) >= 11 is 0. The van der Waals surface area contributed by atoms with Crippen LogP contribution in [0.4, 0.5) is 4.39 Å². The fourth-order valence-corrected chi connectivity index (χ4v) is 1.63. The average Bonchev–Trinajstić information content (AvgIpc) is 2.42. The lowest BCUT2D eigenvalue weighted by molar-refractivity contribution is -0.139. The van der Waals surface area contributed by atoms with E-state index in [1.165, 1.54) is 12.1 Å². The zero-order chi connectivity index (χ0) is 15.8. The Morgan fingerprint density at radius 3 is 2.48 bits per heavy atom. The summed E-state index contributed by atoms with van der Waals surface area (Å²) in [6.45, 7) is 0.339. The van der Waals surface area contributed by atoms with E-state index in [1.54, 1.807) is 0 Å². The monoisotopic (exact) mass is 296 g/mol. The maximum Gasteiger partial charge on any atom is 0.326 e. The van der Waals surface area contributed by atoms with Crippen LogP contribution in [0, 0.1) is 11.2 Å². The van der Waals surface area contributed by atoms with Gasteiger partial charge in [-0.15, -0.1) is 0 Å². The third-order valence-electron chi connectivity index (χ3n) is 2.69. The molecule has 6 N–H and O–H groups in total. The summed E-state index contributed by atoms with van der Waals surface area (Å²) in [5.41, 5.74) is 5.28. The Balaban J connectivity index is 2.53. The van der Waals surface area contributed by atoms with Gasteiger partial charge in [0, 0.05) is 12.1 Å².